The minimum absolute atomic E-state index is 0. The Labute approximate surface area is 81.3 Å². The van der Waals surface area contributed by atoms with Crippen LogP contribution in [0.4, 0.5) is 0 Å². The fourth-order valence-corrected chi connectivity index (χ4v) is 0.728. The quantitative estimate of drug-likeness (QED) is 0.243. The first-order valence-corrected chi connectivity index (χ1v) is 2.85. The number of rotatable bonds is 0. The number of hydrogen-bond acceptors (Lipinski definition) is 3. The van der Waals surface area contributed by atoms with E-state index in [2.05, 4.69) is 4.72 Å². The molecular weight excluding hydrogens is 149 g/mol. The van der Waals surface area contributed by atoms with Crippen LogP contribution in [-0.2, 0) is 8.98 Å². The zero-order chi connectivity index (χ0) is 5.98. The Morgan fingerprint density at radius 1 is 1.89 bits per heavy atom. The number of nitrogens with one attached hydrogen (secondary N) is 1. The zero-order valence-electron chi connectivity index (χ0n) is 6.30. The summed E-state index contributed by atoms with van der Waals surface area (Å²) in [7, 11) is 0. The Balaban J connectivity index is 0. The van der Waals surface area contributed by atoms with Gasteiger partial charge in [-0.25, -0.2) is 0 Å². The van der Waals surface area contributed by atoms with Gasteiger partial charge in [0.15, 0.2) is 12.2 Å². The van der Waals surface area contributed by atoms with Crippen LogP contribution in [0.5, 0.6) is 0 Å². The predicted octanol–water partition coefficient (Wildman–Crippen LogP) is -2.28. The molecule has 1 N–H and O–H groups in total. The van der Waals surface area contributed by atoms with E-state index in [1.165, 1.54) is 6.08 Å². The topological polar surface area (TPSA) is 38.3 Å². The van der Waals surface area contributed by atoms with Crippen molar-refractivity contribution in [3.05, 3.63) is 11.8 Å². The Morgan fingerprint density at radius 3 is 2.89 bits per heavy atom. The van der Waals surface area contributed by atoms with Gasteiger partial charge in [0.05, 0.1) is 0 Å². The van der Waals surface area contributed by atoms with E-state index in [4.69, 9.17) is 4.18 Å². The Kier molecular flexibility index (Phi) is 4.39. The van der Waals surface area contributed by atoms with Gasteiger partial charge in [-0.1, -0.05) is 0 Å². The standard InChI is InChI=1S/C4H5NO2S.Na.H/c1-3-2-4(6)5-8-7-3;;/h2H,1H3,(H,5,6);;/q;+1;-1. The molecule has 0 spiro atoms. The van der Waals surface area contributed by atoms with Crippen molar-refractivity contribution in [3.8, 4) is 0 Å². The zero-order valence-corrected chi connectivity index (χ0v) is 8.12. The van der Waals surface area contributed by atoms with Crippen LogP contribution in [0, 0.1) is 0 Å². The molecule has 0 bridgehead atoms. The van der Waals surface area contributed by atoms with Crippen molar-refractivity contribution >= 4 is 18.1 Å². The van der Waals surface area contributed by atoms with Crippen molar-refractivity contribution in [1.29, 1.82) is 0 Å². The smallest absolute Gasteiger partial charge is 1.00 e. The summed E-state index contributed by atoms with van der Waals surface area (Å²) >= 11 is 0.943. The molecule has 0 aromatic carbocycles. The van der Waals surface area contributed by atoms with Gasteiger partial charge in [0.1, 0.15) is 5.76 Å². The summed E-state index contributed by atoms with van der Waals surface area (Å²) in [5, 5.41) is 0. The summed E-state index contributed by atoms with van der Waals surface area (Å²) in [6.45, 7) is 1.73. The fourth-order valence-electron chi connectivity index (χ4n) is 0.366. The van der Waals surface area contributed by atoms with Crippen molar-refractivity contribution in [1.82, 2.24) is 4.72 Å². The van der Waals surface area contributed by atoms with E-state index in [1.807, 2.05) is 0 Å². The summed E-state index contributed by atoms with van der Waals surface area (Å²) < 4.78 is 7.19. The first-order valence-electron chi connectivity index (χ1n) is 2.11. The molecule has 46 valence electrons. The maximum absolute atomic E-state index is 10.4. The second-order valence-electron chi connectivity index (χ2n) is 1.39. The molecule has 1 aliphatic heterocycles. The van der Waals surface area contributed by atoms with Gasteiger partial charge >= 0.3 is 29.6 Å². The molecule has 9 heavy (non-hydrogen) atoms. The average molecular weight is 155 g/mol. The van der Waals surface area contributed by atoms with Gasteiger partial charge in [0, 0.05) is 6.08 Å². The molecule has 0 radical (unpaired) electrons. The van der Waals surface area contributed by atoms with Gasteiger partial charge in [0.25, 0.3) is 5.91 Å². The molecule has 0 saturated carbocycles. The third-order valence-electron chi connectivity index (χ3n) is 0.650. The number of allylic oxidation sites excluding steroid dienone is 1. The monoisotopic (exact) mass is 155 g/mol. The van der Waals surface area contributed by atoms with Crippen LogP contribution >= 0.6 is 12.2 Å². The first-order chi connectivity index (χ1) is 3.79. The third kappa shape index (κ3) is 3.15. The van der Waals surface area contributed by atoms with Crippen molar-refractivity contribution in [2.75, 3.05) is 0 Å². The maximum atomic E-state index is 10.4. The molecule has 1 amide bonds. The second kappa shape index (κ2) is 4.22. The van der Waals surface area contributed by atoms with Crippen LogP contribution in [0.25, 0.3) is 0 Å². The number of carbonyl (C=O) groups is 1. The molecule has 1 heterocycles. The van der Waals surface area contributed by atoms with Crippen molar-refractivity contribution < 1.29 is 40.0 Å². The van der Waals surface area contributed by atoms with Gasteiger partial charge < -0.3 is 5.61 Å². The number of hydrogen-bond donors (Lipinski definition) is 1. The molecule has 0 aromatic rings. The van der Waals surface area contributed by atoms with E-state index in [1.54, 1.807) is 6.92 Å². The van der Waals surface area contributed by atoms with E-state index in [0.717, 1.165) is 12.2 Å². The average Bonchev–Trinajstić information content (AvgIpc) is 1.64. The molecular formula is C4H6NNaO2S. The van der Waals surface area contributed by atoms with Gasteiger partial charge in [-0.2, -0.15) is 0 Å². The molecule has 0 atom stereocenters. The normalized spacial score (nSPS) is 16.6. The molecule has 1 aliphatic rings. The molecule has 1 rings (SSSR count). The molecule has 5 heteroatoms. The van der Waals surface area contributed by atoms with Gasteiger partial charge in [-0.15, -0.1) is 0 Å². The SMILES string of the molecule is CC1=CC(=O)NSO1.[H-].[Na+]. The van der Waals surface area contributed by atoms with E-state index in [-0.39, 0.29) is 36.9 Å². The molecule has 0 aromatic heterocycles. The summed E-state index contributed by atoms with van der Waals surface area (Å²) in [6.07, 6.45) is 1.40. The number of carbonyl (C=O) groups excluding carboxylic acids is 1. The van der Waals surface area contributed by atoms with E-state index in [9.17, 15) is 4.79 Å². The Bertz CT molecular complexity index is 152. The van der Waals surface area contributed by atoms with E-state index >= 15 is 0 Å². The predicted molar refractivity (Wildman–Crippen MR) is 31.7 cm³/mol. The molecule has 0 saturated heterocycles. The van der Waals surface area contributed by atoms with Gasteiger partial charge in [-0.05, 0) is 6.92 Å². The summed E-state index contributed by atoms with van der Waals surface area (Å²) in [4.78, 5) is 10.4. The van der Waals surface area contributed by atoms with Crippen LogP contribution in [-0.4, -0.2) is 5.91 Å². The van der Waals surface area contributed by atoms with E-state index < -0.39 is 0 Å². The second-order valence-corrected chi connectivity index (χ2v) is 1.93. The van der Waals surface area contributed by atoms with Gasteiger partial charge in [-0.3, -0.25) is 9.52 Å². The minimum atomic E-state index is -0.112. The van der Waals surface area contributed by atoms with Crippen LogP contribution in [0.2, 0.25) is 0 Å². The van der Waals surface area contributed by atoms with Gasteiger partial charge in [0.2, 0.25) is 0 Å². The van der Waals surface area contributed by atoms with Crippen molar-refractivity contribution in [2.24, 2.45) is 0 Å². The Hall–Kier alpha value is 0.360. The molecule has 0 fully saturated rings. The van der Waals surface area contributed by atoms with E-state index in [0.29, 0.717) is 5.76 Å². The molecule has 0 aliphatic carbocycles. The van der Waals surface area contributed by atoms with Crippen molar-refractivity contribution in [3.63, 3.8) is 0 Å². The van der Waals surface area contributed by atoms with Crippen molar-refractivity contribution in [2.45, 2.75) is 6.92 Å². The van der Waals surface area contributed by atoms with Crippen LogP contribution in [0.1, 0.15) is 8.35 Å². The summed E-state index contributed by atoms with van der Waals surface area (Å²) in [5.74, 6) is 0.525. The third-order valence-corrected chi connectivity index (χ3v) is 1.28. The fraction of sp³-hybridized carbons (Fsp3) is 0.250. The van der Waals surface area contributed by atoms with Crippen LogP contribution < -0.4 is 34.3 Å². The molecule has 0 unspecified atom stereocenters. The summed E-state index contributed by atoms with van der Waals surface area (Å²) in [5.41, 5.74) is 0. The largest absolute Gasteiger partial charge is 1.00 e. The van der Waals surface area contributed by atoms with Crippen LogP contribution in [0.15, 0.2) is 11.8 Å². The maximum Gasteiger partial charge on any atom is 1.00 e. The summed E-state index contributed by atoms with van der Waals surface area (Å²) in [6, 6.07) is 0. The minimum Gasteiger partial charge on any atom is -1.00 e. The number of amides is 1. The first kappa shape index (κ1) is 9.36. The molecule has 3 nitrogen and oxygen atoms in total. The van der Waals surface area contributed by atoms with Crippen LogP contribution in [0.3, 0.4) is 0 Å². The Morgan fingerprint density at radius 2 is 2.56 bits per heavy atom.